The van der Waals surface area contributed by atoms with Crippen LogP contribution < -0.4 is 16.2 Å². The maximum Gasteiger partial charge on any atom is 0.125 e. The fourth-order valence-corrected chi connectivity index (χ4v) is 3.19. The summed E-state index contributed by atoms with van der Waals surface area (Å²) in [4.78, 5) is 1.31. The average Bonchev–Trinajstić information content (AvgIpc) is 2.74. The van der Waals surface area contributed by atoms with Crippen molar-refractivity contribution in [2.24, 2.45) is 5.84 Å². The van der Waals surface area contributed by atoms with Crippen molar-refractivity contribution in [1.82, 2.24) is 0 Å². The van der Waals surface area contributed by atoms with E-state index in [1.54, 1.807) is 22.4 Å². The minimum atomic E-state index is -0.255. The molecule has 0 atom stereocenters. The van der Waals surface area contributed by atoms with E-state index in [0.29, 0.717) is 6.54 Å². The van der Waals surface area contributed by atoms with E-state index in [0.717, 1.165) is 28.4 Å². The normalized spacial score (nSPS) is 13.6. The average molecular weight is 263 g/mol. The Morgan fingerprint density at radius 3 is 3.06 bits per heavy atom. The topological polar surface area (TPSA) is 41.3 Å². The summed E-state index contributed by atoms with van der Waals surface area (Å²) in [6.07, 6.45) is 1.00. The first-order valence-electron chi connectivity index (χ1n) is 5.89. The van der Waals surface area contributed by atoms with E-state index >= 15 is 0 Å². The van der Waals surface area contributed by atoms with E-state index in [1.807, 2.05) is 0 Å². The van der Waals surface area contributed by atoms with Gasteiger partial charge in [-0.2, -0.15) is 0 Å². The van der Waals surface area contributed by atoms with Gasteiger partial charge in [-0.25, -0.2) is 10.2 Å². The smallest absolute Gasteiger partial charge is 0.125 e. The Bertz CT molecular complexity index is 594. The van der Waals surface area contributed by atoms with Gasteiger partial charge in [0.15, 0.2) is 0 Å². The summed E-state index contributed by atoms with van der Waals surface area (Å²) < 4.78 is 13.2. The third kappa shape index (κ3) is 1.76. The number of rotatable bonds is 1. The van der Waals surface area contributed by atoms with Crippen molar-refractivity contribution >= 4 is 27.7 Å². The molecule has 0 amide bonds. The zero-order valence-electron chi connectivity index (χ0n) is 10.0. The molecule has 0 saturated heterocycles. The Kier molecular flexibility index (Phi) is 2.72. The molecular formula is C13H14FN3S. The molecule has 3 N–H and O–H groups in total. The van der Waals surface area contributed by atoms with Crippen LogP contribution in [0.15, 0.2) is 24.3 Å². The number of thiophene rings is 1. The molecule has 0 fully saturated rings. The summed E-state index contributed by atoms with van der Waals surface area (Å²) in [6.45, 7) is 2.80. The Balaban J connectivity index is 2.10. The summed E-state index contributed by atoms with van der Waals surface area (Å²) in [7, 11) is 0. The van der Waals surface area contributed by atoms with Gasteiger partial charge >= 0.3 is 0 Å². The van der Waals surface area contributed by atoms with Crippen LogP contribution in [0, 0.1) is 5.82 Å². The van der Waals surface area contributed by atoms with Crippen LogP contribution in [0.2, 0.25) is 0 Å². The van der Waals surface area contributed by atoms with Gasteiger partial charge < -0.3 is 5.32 Å². The van der Waals surface area contributed by atoms with Crippen LogP contribution >= 0.6 is 11.3 Å². The minimum absolute atomic E-state index is 0.255. The molecule has 0 bridgehead atoms. The highest BCUT2D eigenvalue weighted by molar-refractivity contribution is 7.16. The van der Waals surface area contributed by atoms with E-state index in [4.69, 9.17) is 5.84 Å². The predicted octanol–water partition coefficient (Wildman–Crippen LogP) is 3.39. The van der Waals surface area contributed by atoms with E-state index in [-0.39, 0.29) is 5.82 Å². The van der Waals surface area contributed by atoms with Crippen LogP contribution in [0.5, 0.6) is 0 Å². The van der Waals surface area contributed by atoms with Crippen molar-refractivity contribution in [3.05, 3.63) is 40.5 Å². The standard InChI is InChI=1S/C13H14FN3S/c1-2-10-5-8-7-16-11-6-9(14)3-4-12(11)17(15)13(8)18-10/h3-6,16H,2,7,15H2,1H3. The maximum absolute atomic E-state index is 13.2. The fraction of sp³-hybridized carbons (Fsp3) is 0.231. The number of aryl methyl sites for hydroxylation is 1. The third-order valence-corrected chi connectivity index (χ3v) is 4.41. The number of nitrogens with one attached hydrogen (secondary N) is 1. The highest BCUT2D eigenvalue weighted by Gasteiger charge is 2.20. The van der Waals surface area contributed by atoms with Gasteiger partial charge in [0.2, 0.25) is 0 Å². The summed E-state index contributed by atoms with van der Waals surface area (Å²) in [5.41, 5.74) is 2.70. The summed E-state index contributed by atoms with van der Waals surface area (Å²) >= 11 is 1.69. The van der Waals surface area contributed by atoms with Crippen molar-refractivity contribution in [3.8, 4) is 0 Å². The van der Waals surface area contributed by atoms with Crippen molar-refractivity contribution < 1.29 is 4.39 Å². The number of anilines is 3. The number of benzene rings is 1. The van der Waals surface area contributed by atoms with Crippen LogP contribution in [0.25, 0.3) is 0 Å². The molecule has 1 aliphatic rings. The number of hydrogen-bond acceptors (Lipinski definition) is 4. The number of nitrogens with two attached hydrogens (primary N) is 1. The molecule has 2 heterocycles. The SMILES string of the molecule is CCc1cc2c(s1)N(N)c1ccc(F)cc1NC2. The van der Waals surface area contributed by atoms with Crippen molar-refractivity contribution in [3.63, 3.8) is 0 Å². The number of nitrogens with zero attached hydrogens (tertiary/aromatic N) is 1. The van der Waals surface area contributed by atoms with Gasteiger partial charge in [0.05, 0.1) is 11.4 Å². The summed E-state index contributed by atoms with van der Waals surface area (Å²) in [5.74, 6) is 5.90. The molecule has 18 heavy (non-hydrogen) atoms. The van der Waals surface area contributed by atoms with Gasteiger partial charge in [0.1, 0.15) is 10.8 Å². The second-order valence-corrected chi connectivity index (χ2v) is 5.40. The van der Waals surface area contributed by atoms with Gasteiger partial charge in [0, 0.05) is 17.0 Å². The van der Waals surface area contributed by atoms with Crippen molar-refractivity contribution in [1.29, 1.82) is 0 Å². The molecule has 3 nitrogen and oxygen atoms in total. The molecule has 1 aromatic carbocycles. The van der Waals surface area contributed by atoms with Crippen molar-refractivity contribution in [2.45, 2.75) is 19.9 Å². The van der Waals surface area contributed by atoms with E-state index < -0.39 is 0 Å². The number of hydrogen-bond donors (Lipinski definition) is 2. The molecule has 5 heteroatoms. The van der Waals surface area contributed by atoms with Gasteiger partial charge in [-0.05, 0) is 30.7 Å². The molecule has 0 unspecified atom stereocenters. The monoisotopic (exact) mass is 263 g/mol. The Hall–Kier alpha value is -1.59. The number of fused-ring (bicyclic) bond motifs is 2. The number of halogens is 1. The molecule has 0 saturated carbocycles. The summed E-state index contributed by atoms with van der Waals surface area (Å²) in [6, 6.07) is 6.78. The highest BCUT2D eigenvalue weighted by Crippen LogP contribution is 2.40. The quantitative estimate of drug-likeness (QED) is 0.775. The zero-order valence-corrected chi connectivity index (χ0v) is 10.9. The van der Waals surface area contributed by atoms with Gasteiger partial charge in [0.25, 0.3) is 0 Å². The maximum atomic E-state index is 13.2. The molecule has 0 spiro atoms. The van der Waals surface area contributed by atoms with Crippen LogP contribution in [0.3, 0.4) is 0 Å². The minimum Gasteiger partial charge on any atom is -0.379 e. The lowest BCUT2D eigenvalue weighted by Crippen LogP contribution is -2.24. The Morgan fingerprint density at radius 2 is 2.28 bits per heavy atom. The molecule has 1 aliphatic heterocycles. The zero-order chi connectivity index (χ0) is 12.7. The lowest BCUT2D eigenvalue weighted by Gasteiger charge is -2.18. The van der Waals surface area contributed by atoms with E-state index in [1.165, 1.54) is 17.0 Å². The van der Waals surface area contributed by atoms with Gasteiger partial charge in [-0.3, -0.25) is 5.01 Å². The molecular weight excluding hydrogens is 249 g/mol. The molecule has 0 radical (unpaired) electrons. The van der Waals surface area contributed by atoms with Crippen LogP contribution in [0.1, 0.15) is 17.4 Å². The molecule has 0 aliphatic carbocycles. The number of hydrazine groups is 1. The highest BCUT2D eigenvalue weighted by atomic mass is 32.1. The Labute approximate surface area is 109 Å². The Morgan fingerprint density at radius 1 is 1.44 bits per heavy atom. The second kappa shape index (κ2) is 4.26. The van der Waals surface area contributed by atoms with Gasteiger partial charge in [-0.15, -0.1) is 11.3 Å². The lowest BCUT2D eigenvalue weighted by atomic mass is 10.2. The van der Waals surface area contributed by atoms with Crippen LogP contribution in [0.4, 0.5) is 20.8 Å². The molecule has 94 valence electrons. The first-order chi connectivity index (χ1) is 8.69. The van der Waals surface area contributed by atoms with E-state index in [9.17, 15) is 4.39 Å². The van der Waals surface area contributed by atoms with Crippen LogP contribution in [-0.4, -0.2) is 0 Å². The lowest BCUT2D eigenvalue weighted by molar-refractivity contribution is 0.628. The van der Waals surface area contributed by atoms with Crippen molar-refractivity contribution in [2.75, 3.05) is 10.3 Å². The molecule has 3 rings (SSSR count). The van der Waals surface area contributed by atoms with E-state index in [2.05, 4.69) is 18.3 Å². The third-order valence-electron chi connectivity index (χ3n) is 3.09. The van der Waals surface area contributed by atoms with Crippen LogP contribution in [-0.2, 0) is 13.0 Å². The summed E-state index contributed by atoms with van der Waals surface area (Å²) in [5, 5.41) is 5.91. The first-order valence-corrected chi connectivity index (χ1v) is 6.70. The molecule has 2 aromatic rings. The predicted molar refractivity (Wildman–Crippen MR) is 73.8 cm³/mol. The molecule has 1 aromatic heterocycles. The first kappa shape index (κ1) is 11.5. The largest absolute Gasteiger partial charge is 0.379 e. The van der Waals surface area contributed by atoms with Gasteiger partial charge in [-0.1, -0.05) is 6.92 Å². The second-order valence-electron chi connectivity index (χ2n) is 4.28. The fourth-order valence-electron chi connectivity index (χ4n) is 2.14.